The van der Waals surface area contributed by atoms with Crippen LogP contribution in [0.1, 0.15) is 18.4 Å². The van der Waals surface area contributed by atoms with Gasteiger partial charge in [0.1, 0.15) is 5.82 Å². The highest BCUT2D eigenvalue weighted by molar-refractivity contribution is 7.09. The van der Waals surface area contributed by atoms with Crippen molar-refractivity contribution in [1.82, 2.24) is 14.3 Å². The third-order valence-corrected chi connectivity index (χ3v) is 3.03. The predicted molar refractivity (Wildman–Crippen MR) is 58.7 cm³/mol. The van der Waals surface area contributed by atoms with Crippen LogP contribution in [0.4, 0.5) is 5.13 Å². The monoisotopic (exact) mass is 226 g/mol. The summed E-state index contributed by atoms with van der Waals surface area (Å²) in [5, 5.41) is 6.08. The third-order valence-electron chi connectivity index (χ3n) is 1.69. The molecule has 0 saturated heterocycles. The van der Waals surface area contributed by atoms with Crippen LogP contribution < -0.4 is 5.32 Å². The molecule has 0 atom stereocenters. The van der Waals surface area contributed by atoms with E-state index in [4.69, 9.17) is 0 Å². The highest BCUT2D eigenvalue weighted by atomic mass is 32.1. The second-order valence-electron chi connectivity index (χ2n) is 2.70. The van der Waals surface area contributed by atoms with E-state index in [1.807, 2.05) is 17.8 Å². The number of hydrogen-bond donors (Lipinski definition) is 1. The quantitative estimate of drug-likeness (QED) is 0.868. The van der Waals surface area contributed by atoms with Gasteiger partial charge in [-0.05, 0) is 0 Å². The maximum absolute atomic E-state index is 4.30. The van der Waals surface area contributed by atoms with E-state index >= 15 is 0 Å². The number of hydrogen-bond acceptors (Lipinski definition) is 6. The van der Waals surface area contributed by atoms with Gasteiger partial charge < -0.3 is 5.32 Å². The number of thiazole rings is 1. The van der Waals surface area contributed by atoms with E-state index in [0.717, 1.165) is 29.6 Å². The normalized spacial score (nSPS) is 10.4. The molecule has 0 fully saturated rings. The minimum absolute atomic E-state index is 0.724. The van der Waals surface area contributed by atoms with Crippen molar-refractivity contribution in [3.8, 4) is 0 Å². The van der Waals surface area contributed by atoms with Gasteiger partial charge in [-0.2, -0.15) is 4.37 Å². The molecule has 0 aliphatic carbocycles. The molecule has 1 N–H and O–H groups in total. The standard InChI is InChI=1S/C8H10N4S2/c1-2-7-11-8(14-12-7)9-3-6-4-13-5-10-6/h4-5H,2-3H2,1H3,(H,9,11,12). The van der Waals surface area contributed by atoms with Crippen molar-refractivity contribution in [2.75, 3.05) is 5.32 Å². The highest BCUT2D eigenvalue weighted by Crippen LogP contribution is 2.12. The van der Waals surface area contributed by atoms with Gasteiger partial charge in [-0.3, -0.25) is 0 Å². The maximum Gasteiger partial charge on any atom is 0.202 e. The summed E-state index contributed by atoms with van der Waals surface area (Å²) in [6.45, 7) is 2.77. The number of rotatable bonds is 4. The fraction of sp³-hybridized carbons (Fsp3) is 0.375. The lowest BCUT2D eigenvalue weighted by molar-refractivity contribution is 0.988. The van der Waals surface area contributed by atoms with Crippen molar-refractivity contribution in [3.63, 3.8) is 0 Å². The molecular weight excluding hydrogens is 216 g/mol. The Morgan fingerprint density at radius 1 is 1.50 bits per heavy atom. The summed E-state index contributed by atoms with van der Waals surface area (Å²) in [7, 11) is 0. The summed E-state index contributed by atoms with van der Waals surface area (Å²) in [6.07, 6.45) is 0.884. The van der Waals surface area contributed by atoms with Crippen molar-refractivity contribution in [2.45, 2.75) is 19.9 Å². The van der Waals surface area contributed by atoms with E-state index < -0.39 is 0 Å². The van der Waals surface area contributed by atoms with Gasteiger partial charge in [0.15, 0.2) is 0 Å². The molecule has 0 aliphatic heterocycles. The molecule has 2 aromatic rings. The lowest BCUT2D eigenvalue weighted by atomic mass is 10.5. The minimum atomic E-state index is 0.724. The molecule has 2 aromatic heterocycles. The molecule has 0 aliphatic rings. The van der Waals surface area contributed by atoms with Gasteiger partial charge in [0.25, 0.3) is 0 Å². The largest absolute Gasteiger partial charge is 0.355 e. The first kappa shape index (κ1) is 9.54. The third kappa shape index (κ3) is 2.27. The van der Waals surface area contributed by atoms with E-state index in [-0.39, 0.29) is 0 Å². The van der Waals surface area contributed by atoms with E-state index in [1.165, 1.54) is 11.5 Å². The van der Waals surface area contributed by atoms with Crippen molar-refractivity contribution in [2.24, 2.45) is 0 Å². The first-order valence-electron chi connectivity index (χ1n) is 4.32. The Balaban J connectivity index is 1.92. The molecular formula is C8H10N4S2. The Morgan fingerprint density at radius 2 is 2.43 bits per heavy atom. The van der Waals surface area contributed by atoms with Crippen LogP contribution in [-0.4, -0.2) is 14.3 Å². The minimum Gasteiger partial charge on any atom is -0.355 e. The summed E-state index contributed by atoms with van der Waals surface area (Å²) in [5.41, 5.74) is 2.87. The zero-order valence-corrected chi connectivity index (χ0v) is 9.36. The Bertz CT molecular complexity index is 382. The van der Waals surface area contributed by atoms with E-state index in [2.05, 4.69) is 19.7 Å². The van der Waals surface area contributed by atoms with Crippen molar-refractivity contribution in [1.29, 1.82) is 0 Å². The lowest BCUT2D eigenvalue weighted by Crippen LogP contribution is -1.98. The lowest BCUT2D eigenvalue weighted by Gasteiger charge is -1.96. The average molecular weight is 226 g/mol. The van der Waals surface area contributed by atoms with Gasteiger partial charge in [0.05, 0.1) is 17.7 Å². The highest BCUT2D eigenvalue weighted by Gasteiger charge is 2.01. The first-order chi connectivity index (χ1) is 6.88. The Labute approximate surface area is 90.2 Å². The molecule has 0 aromatic carbocycles. The van der Waals surface area contributed by atoms with Crippen LogP contribution >= 0.6 is 22.9 Å². The maximum atomic E-state index is 4.30. The molecule has 0 bridgehead atoms. The average Bonchev–Trinajstić information content (AvgIpc) is 2.86. The summed E-state index contributed by atoms with van der Waals surface area (Å²) in [4.78, 5) is 8.47. The smallest absolute Gasteiger partial charge is 0.202 e. The molecule has 4 nitrogen and oxygen atoms in total. The van der Waals surface area contributed by atoms with Gasteiger partial charge >= 0.3 is 0 Å². The Kier molecular flexibility index (Phi) is 3.05. The topological polar surface area (TPSA) is 50.7 Å². The van der Waals surface area contributed by atoms with Crippen LogP contribution in [0.25, 0.3) is 0 Å². The zero-order valence-electron chi connectivity index (χ0n) is 7.73. The second-order valence-corrected chi connectivity index (χ2v) is 4.17. The van der Waals surface area contributed by atoms with Crippen LogP contribution in [0.5, 0.6) is 0 Å². The molecule has 2 rings (SSSR count). The molecule has 6 heteroatoms. The van der Waals surface area contributed by atoms with Crippen LogP contribution in [0.2, 0.25) is 0 Å². The molecule has 0 spiro atoms. The van der Waals surface area contributed by atoms with E-state index in [0.29, 0.717) is 0 Å². The first-order valence-corrected chi connectivity index (χ1v) is 6.03. The summed E-state index contributed by atoms with van der Waals surface area (Å²) < 4.78 is 4.18. The molecule has 0 radical (unpaired) electrons. The summed E-state index contributed by atoms with van der Waals surface area (Å²) in [6, 6.07) is 0. The molecule has 0 saturated carbocycles. The van der Waals surface area contributed by atoms with Crippen molar-refractivity contribution >= 4 is 28.0 Å². The SMILES string of the molecule is CCc1nsc(NCc2cscn2)n1. The van der Waals surface area contributed by atoms with Crippen molar-refractivity contribution in [3.05, 3.63) is 22.4 Å². The molecule has 14 heavy (non-hydrogen) atoms. The van der Waals surface area contributed by atoms with Gasteiger partial charge in [-0.1, -0.05) is 6.92 Å². The number of nitrogens with one attached hydrogen (secondary N) is 1. The van der Waals surface area contributed by atoms with Gasteiger partial charge in [0.2, 0.25) is 5.13 Å². The number of aryl methyl sites for hydroxylation is 1. The number of anilines is 1. The van der Waals surface area contributed by atoms with Gasteiger partial charge in [0, 0.05) is 23.3 Å². The summed E-state index contributed by atoms with van der Waals surface area (Å²) >= 11 is 3.00. The molecule has 0 amide bonds. The molecule has 2 heterocycles. The Hall–Kier alpha value is -1.01. The van der Waals surface area contributed by atoms with Gasteiger partial charge in [-0.25, -0.2) is 9.97 Å². The molecule has 74 valence electrons. The Morgan fingerprint density at radius 3 is 3.07 bits per heavy atom. The van der Waals surface area contributed by atoms with Gasteiger partial charge in [-0.15, -0.1) is 11.3 Å². The summed E-state index contributed by atoms with van der Waals surface area (Å²) in [5.74, 6) is 0.899. The molecule has 0 unspecified atom stereocenters. The van der Waals surface area contributed by atoms with Crippen LogP contribution in [0.3, 0.4) is 0 Å². The fourth-order valence-electron chi connectivity index (χ4n) is 0.960. The zero-order chi connectivity index (χ0) is 9.80. The van der Waals surface area contributed by atoms with E-state index in [9.17, 15) is 0 Å². The second kappa shape index (κ2) is 4.47. The van der Waals surface area contributed by atoms with Crippen molar-refractivity contribution < 1.29 is 0 Å². The predicted octanol–water partition coefficient (Wildman–Crippen LogP) is 2.17. The fourth-order valence-corrected chi connectivity index (χ4v) is 2.16. The van der Waals surface area contributed by atoms with Crippen LogP contribution in [0, 0.1) is 0 Å². The van der Waals surface area contributed by atoms with Crippen LogP contribution in [0.15, 0.2) is 10.9 Å². The number of aromatic nitrogens is 3. The van der Waals surface area contributed by atoms with E-state index in [1.54, 1.807) is 11.3 Å². The number of nitrogens with zero attached hydrogens (tertiary/aromatic N) is 3. The van der Waals surface area contributed by atoms with Crippen LogP contribution in [-0.2, 0) is 13.0 Å².